The van der Waals surface area contributed by atoms with Crippen molar-refractivity contribution in [2.45, 2.75) is 20.8 Å². The molecule has 9 nitrogen and oxygen atoms in total. The number of amides is 3. The molecule has 0 unspecified atom stereocenters. The minimum atomic E-state index is -0.565. The summed E-state index contributed by atoms with van der Waals surface area (Å²) in [6.45, 7) is 3.50. The van der Waals surface area contributed by atoms with E-state index >= 15 is 0 Å². The monoisotopic (exact) mass is 278 g/mol. The molecule has 0 aromatic heterocycles. The molecular formula is C6H12FeN3O6. The number of carbonyl (C=O) groups is 3. The van der Waals surface area contributed by atoms with Gasteiger partial charge in [-0.15, -0.1) is 0 Å². The van der Waals surface area contributed by atoms with E-state index in [0.717, 1.165) is 0 Å². The maximum absolute atomic E-state index is 9.40. The molecule has 0 aliphatic rings. The van der Waals surface area contributed by atoms with E-state index in [1.807, 2.05) is 0 Å². The van der Waals surface area contributed by atoms with Gasteiger partial charge < -0.3 is 46.4 Å². The second kappa shape index (κ2) is 19.4. The van der Waals surface area contributed by atoms with Gasteiger partial charge in [-0.05, 0) is 20.8 Å². The Labute approximate surface area is 103 Å². The normalized spacial score (nSPS) is 6.38. The van der Waals surface area contributed by atoms with Crippen molar-refractivity contribution in [3.05, 3.63) is 16.4 Å². The zero-order chi connectivity index (χ0) is 12.9. The van der Waals surface area contributed by atoms with E-state index in [0.29, 0.717) is 0 Å². The van der Waals surface area contributed by atoms with E-state index in [2.05, 4.69) is 16.4 Å². The molecule has 0 saturated heterocycles. The molecule has 0 aromatic rings. The third-order valence-corrected chi connectivity index (χ3v) is 0.422. The van der Waals surface area contributed by atoms with Gasteiger partial charge in [0.15, 0.2) is 0 Å². The number of hydrogen-bond donors (Lipinski definition) is 3. The Hall–Kier alpha value is -1.19. The van der Waals surface area contributed by atoms with Crippen LogP contribution in [-0.2, 0) is 31.5 Å². The fraction of sp³-hybridized carbons (Fsp3) is 0.500. The Morgan fingerprint density at radius 3 is 0.750 bits per heavy atom. The Balaban J connectivity index is -0.0000000655. The van der Waals surface area contributed by atoms with Crippen molar-refractivity contribution in [3.63, 3.8) is 0 Å². The zero-order valence-electron chi connectivity index (χ0n) is 8.76. The molecule has 3 amide bonds. The van der Waals surface area contributed by atoms with E-state index in [4.69, 9.17) is 15.6 Å². The molecule has 3 N–H and O–H groups in total. The van der Waals surface area contributed by atoms with Gasteiger partial charge in [-0.2, -0.15) is 0 Å². The number of carbonyl (C=O) groups excluding carboxylic acids is 3. The van der Waals surface area contributed by atoms with Crippen LogP contribution in [0.4, 0.5) is 0 Å². The van der Waals surface area contributed by atoms with Gasteiger partial charge in [0.25, 0.3) is 0 Å². The summed E-state index contributed by atoms with van der Waals surface area (Å²) in [6.07, 6.45) is 0. The second-order valence-corrected chi connectivity index (χ2v) is 1.86. The molecule has 16 heavy (non-hydrogen) atoms. The Morgan fingerprint density at radius 2 is 0.750 bits per heavy atom. The molecular weight excluding hydrogens is 266 g/mol. The summed E-state index contributed by atoms with van der Waals surface area (Å²) in [5.74, 6) is -1.69. The SMILES string of the molecule is CC(=O)[N-]O.CC(=O)[N-]O.CC(=O)[N-]O.[Fe+3]. The molecule has 0 heterocycles. The first-order valence-electron chi connectivity index (χ1n) is 3.38. The molecule has 0 bridgehead atoms. The first kappa shape index (κ1) is 24.2. The summed E-state index contributed by atoms with van der Waals surface area (Å²) >= 11 is 0. The summed E-state index contributed by atoms with van der Waals surface area (Å²) in [4.78, 5) is 28.2. The van der Waals surface area contributed by atoms with Crippen LogP contribution < -0.4 is 0 Å². The van der Waals surface area contributed by atoms with Crippen LogP contribution in [0.2, 0.25) is 0 Å². The Bertz CT molecular complexity index is 167. The van der Waals surface area contributed by atoms with E-state index < -0.39 is 17.7 Å². The summed E-state index contributed by atoms with van der Waals surface area (Å²) in [6, 6.07) is 0. The largest absolute Gasteiger partial charge is 3.00 e. The van der Waals surface area contributed by atoms with Crippen LogP contribution in [0.15, 0.2) is 0 Å². The van der Waals surface area contributed by atoms with Crippen molar-refractivity contribution in [1.29, 1.82) is 0 Å². The summed E-state index contributed by atoms with van der Waals surface area (Å²) in [5.41, 5.74) is 6.75. The van der Waals surface area contributed by atoms with Crippen LogP contribution in [-0.4, -0.2) is 33.3 Å². The van der Waals surface area contributed by atoms with Crippen LogP contribution in [0.3, 0.4) is 0 Å². The topological polar surface area (TPSA) is 154 Å². The van der Waals surface area contributed by atoms with Gasteiger partial charge in [0, 0.05) is 0 Å². The molecule has 0 aliphatic carbocycles. The summed E-state index contributed by atoms with van der Waals surface area (Å²) < 4.78 is 0. The second-order valence-electron chi connectivity index (χ2n) is 1.86. The maximum Gasteiger partial charge on any atom is 3.00 e. The van der Waals surface area contributed by atoms with Gasteiger partial charge in [-0.1, -0.05) is 0 Å². The molecule has 0 fully saturated rings. The molecule has 95 valence electrons. The smallest absolute Gasteiger partial charge is 0.534 e. The summed E-state index contributed by atoms with van der Waals surface area (Å²) in [5, 5.41) is 22.3. The van der Waals surface area contributed by atoms with Crippen LogP contribution >= 0.6 is 0 Å². The first-order chi connectivity index (χ1) is 6.81. The van der Waals surface area contributed by atoms with Crippen molar-refractivity contribution < 1.29 is 47.1 Å². The van der Waals surface area contributed by atoms with Crippen molar-refractivity contribution in [2.24, 2.45) is 0 Å². The molecule has 0 atom stereocenters. The Kier molecular flexibility index (Phi) is 29.3. The van der Waals surface area contributed by atoms with Gasteiger partial charge >= 0.3 is 17.1 Å². The Morgan fingerprint density at radius 1 is 0.688 bits per heavy atom. The third-order valence-electron chi connectivity index (χ3n) is 0.422. The average molecular weight is 278 g/mol. The molecule has 0 saturated carbocycles. The number of hydrogen-bond acceptors (Lipinski definition) is 6. The first-order valence-corrected chi connectivity index (χ1v) is 3.38. The van der Waals surface area contributed by atoms with Crippen molar-refractivity contribution in [2.75, 3.05) is 0 Å². The molecule has 10 heteroatoms. The summed E-state index contributed by atoms with van der Waals surface area (Å²) in [7, 11) is 0. The van der Waals surface area contributed by atoms with E-state index in [1.54, 1.807) is 0 Å². The maximum atomic E-state index is 9.40. The number of rotatable bonds is 0. The minimum absolute atomic E-state index is 0. The molecule has 1 radical (unpaired) electrons. The molecule has 0 aliphatic heterocycles. The fourth-order valence-corrected chi connectivity index (χ4v) is 0. The van der Waals surface area contributed by atoms with E-state index in [1.165, 1.54) is 20.8 Å². The van der Waals surface area contributed by atoms with Gasteiger partial charge in [0.1, 0.15) is 0 Å². The predicted octanol–water partition coefficient (Wildman–Crippen LogP) is 0.885. The minimum Gasteiger partial charge on any atom is -0.534 e. The number of nitrogens with zero attached hydrogens (tertiary/aromatic N) is 3. The van der Waals surface area contributed by atoms with Crippen molar-refractivity contribution in [1.82, 2.24) is 0 Å². The molecule has 0 aromatic carbocycles. The van der Waals surface area contributed by atoms with Gasteiger partial charge in [0.05, 0.1) is 17.7 Å². The predicted molar refractivity (Wildman–Crippen MR) is 47.5 cm³/mol. The van der Waals surface area contributed by atoms with Crippen LogP contribution in [0.1, 0.15) is 20.8 Å². The van der Waals surface area contributed by atoms with E-state index in [9.17, 15) is 14.4 Å². The standard InChI is InChI=1S/3C2H5NO2.Fe/c3*1-2(4)3-5;/h3*1H3,(H2,3,4,5);/q;;;+3/p-3. The van der Waals surface area contributed by atoms with Gasteiger partial charge in [0.2, 0.25) is 0 Å². The fourth-order valence-electron chi connectivity index (χ4n) is 0. The zero-order valence-corrected chi connectivity index (χ0v) is 9.87. The molecule has 0 rings (SSSR count). The van der Waals surface area contributed by atoms with Crippen LogP contribution in [0.5, 0.6) is 0 Å². The van der Waals surface area contributed by atoms with Crippen LogP contribution in [0, 0.1) is 0 Å². The average Bonchev–Trinajstić information content (AvgIpc) is 2.19. The third kappa shape index (κ3) is 77.2. The van der Waals surface area contributed by atoms with Gasteiger partial charge in [-0.3, -0.25) is 0 Å². The molecule has 0 spiro atoms. The van der Waals surface area contributed by atoms with E-state index in [-0.39, 0.29) is 17.1 Å². The van der Waals surface area contributed by atoms with Crippen molar-refractivity contribution >= 4 is 17.7 Å². The van der Waals surface area contributed by atoms with Crippen molar-refractivity contribution in [3.8, 4) is 0 Å². The number of hydroxylamine groups is 3. The van der Waals surface area contributed by atoms with Crippen LogP contribution in [0.25, 0.3) is 16.4 Å². The van der Waals surface area contributed by atoms with Gasteiger partial charge in [-0.25, -0.2) is 0 Å². The quantitative estimate of drug-likeness (QED) is 0.339.